The highest BCUT2D eigenvalue weighted by Crippen LogP contribution is 2.30. The van der Waals surface area contributed by atoms with Gasteiger partial charge in [-0.25, -0.2) is 9.48 Å². The predicted molar refractivity (Wildman–Crippen MR) is 92.5 cm³/mol. The summed E-state index contributed by atoms with van der Waals surface area (Å²) in [6.07, 6.45) is -3.11. The number of carbonyl (C=O) groups excluding carboxylic acids is 1. The Morgan fingerprint density at radius 1 is 1.19 bits per heavy atom. The van der Waals surface area contributed by atoms with Crippen molar-refractivity contribution in [3.05, 3.63) is 51.7 Å². The molecule has 1 aromatic heterocycles. The fourth-order valence-electron chi connectivity index (χ4n) is 3.45. The van der Waals surface area contributed by atoms with Crippen LogP contribution in [-0.2, 0) is 19.8 Å². The molecule has 0 aliphatic carbocycles. The highest BCUT2D eigenvalue weighted by molar-refractivity contribution is 5.94. The lowest BCUT2D eigenvalue weighted by atomic mass is 9.95. The first kappa shape index (κ1) is 19.2. The first-order chi connectivity index (χ1) is 12.7. The molecule has 0 unspecified atom stereocenters. The molecule has 3 rings (SSSR count). The molecule has 0 atom stereocenters. The van der Waals surface area contributed by atoms with Crippen molar-refractivity contribution in [3.8, 4) is 0 Å². The van der Waals surface area contributed by atoms with Crippen molar-refractivity contribution >= 4 is 5.91 Å². The van der Waals surface area contributed by atoms with Gasteiger partial charge in [0, 0.05) is 38.2 Å². The molecular weight excluding hydrogens is 361 g/mol. The number of nitrogens with zero attached hydrogens (tertiary/aromatic N) is 4. The minimum atomic E-state index is -4.42. The molecule has 0 N–H and O–H groups in total. The number of halogens is 3. The number of hydrogen-bond acceptors (Lipinski definition) is 3. The minimum Gasteiger partial charge on any atom is -0.339 e. The zero-order chi connectivity index (χ0) is 19.8. The molecule has 1 fully saturated rings. The summed E-state index contributed by atoms with van der Waals surface area (Å²) >= 11 is 0. The summed E-state index contributed by atoms with van der Waals surface area (Å²) in [5, 5.41) is 4.32. The second-order valence-electron chi connectivity index (χ2n) is 6.65. The van der Waals surface area contributed by atoms with Gasteiger partial charge in [0.15, 0.2) is 0 Å². The normalized spacial score (nSPS) is 16.0. The van der Waals surface area contributed by atoms with Gasteiger partial charge in [-0.05, 0) is 44.0 Å². The second-order valence-corrected chi connectivity index (χ2v) is 6.65. The molecule has 0 saturated carbocycles. The summed E-state index contributed by atoms with van der Waals surface area (Å²) in [5.74, 6) is 0.526. The highest BCUT2D eigenvalue weighted by Gasteiger charge is 2.31. The van der Waals surface area contributed by atoms with E-state index in [4.69, 9.17) is 0 Å². The fourth-order valence-corrected chi connectivity index (χ4v) is 3.45. The third kappa shape index (κ3) is 3.77. The van der Waals surface area contributed by atoms with Gasteiger partial charge < -0.3 is 4.90 Å². The monoisotopic (exact) mass is 382 g/mol. The van der Waals surface area contributed by atoms with Crippen LogP contribution in [0.4, 0.5) is 13.2 Å². The topological polar surface area (TPSA) is 60.1 Å². The lowest BCUT2D eigenvalue weighted by Crippen LogP contribution is -2.38. The van der Waals surface area contributed by atoms with Crippen molar-refractivity contribution in [1.82, 2.24) is 19.2 Å². The summed E-state index contributed by atoms with van der Waals surface area (Å²) in [5.41, 5.74) is -0.689. The van der Waals surface area contributed by atoms with Gasteiger partial charge in [-0.1, -0.05) is 0 Å². The van der Waals surface area contributed by atoms with E-state index >= 15 is 0 Å². The van der Waals surface area contributed by atoms with E-state index in [9.17, 15) is 22.8 Å². The third-order valence-electron chi connectivity index (χ3n) is 4.96. The van der Waals surface area contributed by atoms with Crippen molar-refractivity contribution < 1.29 is 18.0 Å². The number of carbonyl (C=O) groups is 1. The number of amides is 1. The van der Waals surface area contributed by atoms with Gasteiger partial charge in [-0.2, -0.15) is 18.3 Å². The summed E-state index contributed by atoms with van der Waals surface area (Å²) in [6, 6.07) is 4.27. The number of benzene rings is 1. The van der Waals surface area contributed by atoms with Gasteiger partial charge in [-0.15, -0.1) is 0 Å². The summed E-state index contributed by atoms with van der Waals surface area (Å²) in [4.78, 5) is 26.2. The van der Waals surface area contributed by atoms with Gasteiger partial charge in [0.05, 0.1) is 5.56 Å². The van der Waals surface area contributed by atoms with Crippen LogP contribution in [0.2, 0.25) is 0 Å². The number of hydrogen-bond donors (Lipinski definition) is 0. The van der Waals surface area contributed by atoms with Gasteiger partial charge in [0.2, 0.25) is 0 Å². The van der Waals surface area contributed by atoms with Crippen molar-refractivity contribution in [3.63, 3.8) is 0 Å². The maximum absolute atomic E-state index is 12.6. The first-order valence-electron chi connectivity index (χ1n) is 8.82. The minimum absolute atomic E-state index is 0.0792. The second kappa shape index (κ2) is 7.21. The average Bonchev–Trinajstić information content (AvgIpc) is 2.95. The fraction of sp³-hybridized carbons (Fsp3) is 0.500. The van der Waals surface area contributed by atoms with E-state index in [0.717, 1.165) is 18.0 Å². The van der Waals surface area contributed by atoms with Gasteiger partial charge >= 0.3 is 11.9 Å². The summed E-state index contributed by atoms with van der Waals surface area (Å²) < 4.78 is 40.9. The number of aromatic nitrogens is 3. The van der Waals surface area contributed by atoms with Crippen molar-refractivity contribution in [2.45, 2.75) is 38.4 Å². The van der Waals surface area contributed by atoms with Crippen LogP contribution in [0.1, 0.15) is 47.4 Å². The van der Waals surface area contributed by atoms with E-state index in [-0.39, 0.29) is 23.1 Å². The molecule has 1 aliphatic heterocycles. The lowest BCUT2D eigenvalue weighted by molar-refractivity contribution is -0.137. The Kier molecular flexibility index (Phi) is 5.12. The number of likely N-dealkylation sites (tertiary alicyclic amines) is 1. The summed E-state index contributed by atoms with van der Waals surface area (Å²) in [6.45, 7) is 3.36. The van der Waals surface area contributed by atoms with Crippen LogP contribution >= 0.6 is 0 Å². The zero-order valence-corrected chi connectivity index (χ0v) is 15.2. The molecule has 146 valence electrons. The van der Waals surface area contributed by atoms with E-state index in [0.29, 0.717) is 32.5 Å². The molecule has 2 aromatic rings. The quantitative estimate of drug-likeness (QED) is 0.820. The van der Waals surface area contributed by atoms with Crippen molar-refractivity contribution in [2.75, 3.05) is 13.1 Å². The number of aryl methyl sites for hydroxylation is 1. The van der Waals surface area contributed by atoms with Gasteiger partial charge in [-0.3, -0.25) is 9.36 Å². The van der Waals surface area contributed by atoms with Crippen LogP contribution in [0.15, 0.2) is 29.1 Å². The van der Waals surface area contributed by atoms with E-state index in [1.54, 1.807) is 16.5 Å². The number of alkyl halides is 3. The Morgan fingerprint density at radius 3 is 2.30 bits per heavy atom. The number of piperidine rings is 1. The molecule has 1 amide bonds. The average molecular weight is 382 g/mol. The van der Waals surface area contributed by atoms with E-state index in [1.807, 2.05) is 6.92 Å². The predicted octanol–water partition coefficient (Wildman–Crippen LogP) is 2.64. The van der Waals surface area contributed by atoms with E-state index in [1.165, 1.54) is 16.8 Å². The van der Waals surface area contributed by atoms with Gasteiger partial charge in [0.25, 0.3) is 5.91 Å². The Labute approximate surface area is 154 Å². The van der Waals surface area contributed by atoms with Crippen LogP contribution in [0, 0.1) is 0 Å². The highest BCUT2D eigenvalue weighted by atomic mass is 19.4. The van der Waals surface area contributed by atoms with Crippen molar-refractivity contribution in [1.29, 1.82) is 0 Å². The molecule has 0 radical (unpaired) electrons. The SMILES string of the molecule is CCn1c(C2CCN(C(=O)c3ccc(C(F)(F)F)cc3)CC2)nn(C)c1=O. The lowest BCUT2D eigenvalue weighted by Gasteiger charge is -2.31. The smallest absolute Gasteiger partial charge is 0.339 e. The Bertz CT molecular complexity index is 875. The molecule has 6 nitrogen and oxygen atoms in total. The molecule has 1 saturated heterocycles. The first-order valence-corrected chi connectivity index (χ1v) is 8.82. The number of rotatable bonds is 3. The van der Waals surface area contributed by atoms with Gasteiger partial charge in [0.1, 0.15) is 5.82 Å². The molecular formula is C18H21F3N4O2. The molecule has 1 aliphatic rings. The third-order valence-corrected chi connectivity index (χ3v) is 4.96. The van der Waals surface area contributed by atoms with Crippen LogP contribution in [0.5, 0.6) is 0 Å². The molecule has 2 heterocycles. The molecule has 27 heavy (non-hydrogen) atoms. The van der Waals surface area contributed by atoms with Crippen LogP contribution < -0.4 is 5.69 Å². The largest absolute Gasteiger partial charge is 0.416 e. The maximum Gasteiger partial charge on any atom is 0.416 e. The van der Waals surface area contributed by atoms with E-state index < -0.39 is 11.7 Å². The van der Waals surface area contributed by atoms with Crippen LogP contribution in [-0.4, -0.2) is 38.2 Å². The molecule has 1 aromatic carbocycles. The molecule has 0 bridgehead atoms. The van der Waals surface area contributed by atoms with Crippen LogP contribution in [0.3, 0.4) is 0 Å². The van der Waals surface area contributed by atoms with Crippen molar-refractivity contribution in [2.24, 2.45) is 7.05 Å². The zero-order valence-electron chi connectivity index (χ0n) is 15.2. The standard InChI is InChI=1S/C18H21F3N4O2/c1-3-25-15(22-23(2)17(25)27)12-8-10-24(11-9-12)16(26)13-4-6-14(7-5-13)18(19,20)21/h4-7,12H,3,8-11H2,1-2H3. The Balaban J connectivity index is 1.68. The van der Waals surface area contributed by atoms with Crippen LogP contribution in [0.25, 0.3) is 0 Å². The molecule has 0 spiro atoms. The van der Waals surface area contributed by atoms with E-state index in [2.05, 4.69) is 5.10 Å². The summed E-state index contributed by atoms with van der Waals surface area (Å²) in [7, 11) is 1.61. The Hall–Kier alpha value is -2.58. The maximum atomic E-state index is 12.6. The molecule has 9 heteroatoms. The Morgan fingerprint density at radius 2 is 1.78 bits per heavy atom.